The predicted octanol–water partition coefficient (Wildman–Crippen LogP) is 2.40. The Morgan fingerprint density at radius 1 is 0.933 bits per heavy atom. The quantitative estimate of drug-likeness (QED) is 0.800. The third-order valence-electron chi connectivity index (χ3n) is 7.66. The number of amides is 2. The van der Waals surface area contributed by atoms with E-state index in [-0.39, 0.29) is 24.0 Å². The highest BCUT2D eigenvalue weighted by molar-refractivity contribution is 7.89. The third kappa shape index (κ3) is 3.48. The van der Waals surface area contributed by atoms with Crippen molar-refractivity contribution in [2.75, 3.05) is 26.2 Å². The molecule has 0 radical (unpaired) electrons. The fourth-order valence-corrected chi connectivity index (χ4v) is 7.80. The molecule has 0 atom stereocenters. The van der Waals surface area contributed by atoms with Crippen LogP contribution in [0.1, 0.15) is 37.7 Å². The number of benzene rings is 1. The number of piperazine rings is 1. The molecule has 4 saturated carbocycles. The molecule has 1 N–H and O–H groups in total. The summed E-state index contributed by atoms with van der Waals surface area (Å²) in [5.74, 6) is 3.00. The summed E-state index contributed by atoms with van der Waals surface area (Å²) in [6, 6.07) is 8.23. The molecule has 1 heterocycles. The second-order valence-electron chi connectivity index (χ2n) is 9.43. The van der Waals surface area contributed by atoms with Gasteiger partial charge in [0.2, 0.25) is 10.0 Å². The summed E-state index contributed by atoms with van der Waals surface area (Å²) in [7, 11) is -3.61. The first-order valence-electron chi connectivity index (χ1n) is 11.0. The van der Waals surface area contributed by atoms with Crippen LogP contribution in [-0.2, 0) is 10.0 Å². The van der Waals surface area contributed by atoms with E-state index in [2.05, 4.69) is 5.32 Å². The Bertz CT molecular complexity index is 933. The van der Waals surface area contributed by atoms with Gasteiger partial charge in [-0.15, -0.1) is 0 Å². The van der Waals surface area contributed by atoms with E-state index in [0.29, 0.717) is 36.5 Å². The SMILES string of the molecule is N#Cc1ccc(S(=O)(=O)N2CCN(C(=O)NC3C4CC5CC(C4)CC3C5)CC2)cc1. The number of urea groups is 1. The highest BCUT2D eigenvalue weighted by Gasteiger charge is 2.49. The van der Waals surface area contributed by atoms with E-state index in [1.807, 2.05) is 6.07 Å². The van der Waals surface area contributed by atoms with Crippen LogP contribution >= 0.6 is 0 Å². The number of nitrogens with one attached hydrogen (secondary N) is 1. The second kappa shape index (κ2) is 7.54. The molecule has 0 unspecified atom stereocenters. The number of carbonyl (C=O) groups is 1. The van der Waals surface area contributed by atoms with Crippen molar-refractivity contribution in [1.82, 2.24) is 14.5 Å². The summed E-state index contributed by atoms with van der Waals surface area (Å²) >= 11 is 0. The van der Waals surface area contributed by atoms with Gasteiger partial charge in [-0.05, 0) is 80.0 Å². The molecule has 1 aromatic carbocycles. The van der Waals surface area contributed by atoms with Gasteiger partial charge in [-0.2, -0.15) is 9.57 Å². The molecule has 2 amide bonds. The summed E-state index contributed by atoms with van der Waals surface area (Å²) < 4.78 is 27.2. The van der Waals surface area contributed by atoms with Gasteiger partial charge in [-0.1, -0.05) is 0 Å². The Morgan fingerprint density at radius 2 is 1.50 bits per heavy atom. The van der Waals surface area contributed by atoms with E-state index in [4.69, 9.17) is 5.26 Å². The smallest absolute Gasteiger partial charge is 0.317 e. The highest BCUT2D eigenvalue weighted by Crippen LogP contribution is 2.53. The Balaban J connectivity index is 1.18. The molecular formula is C22H28N4O3S. The first-order chi connectivity index (χ1) is 14.4. The summed E-state index contributed by atoms with van der Waals surface area (Å²) in [6.45, 7) is 1.37. The standard InChI is InChI=1S/C22H28N4O3S/c23-14-15-1-3-20(4-2-15)30(28,29)26-7-5-25(6-8-26)22(27)24-21-18-10-16-9-17(12-18)13-19(21)11-16/h1-4,16-19,21H,5-13H2,(H,24,27). The van der Waals surface area contributed by atoms with E-state index in [0.717, 1.165) is 11.8 Å². The minimum Gasteiger partial charge on any atom is -0.335 e. The van der Waals surface area contributed by atoms with Crippen molar-refractivity contribution in [3.05, 3.63) is 29.8 Å². The second-order valence-corrected chi connectivity index (χ2v) is 11.4. The van der Waals surface area contributed by atoms with Crippen LogP contribution in [0.4, 0.5) is 4.79 Å². The van der Waals surface area contributed by atoms with Crippen molar-refractivity contribution in [3.63, 3.8) is 0 Å². The van der Waals surface area contributed by atoms with E-state index < -0.39 is 10.0 Å². The Morgan fingerprint density at radius 3 is 2.03 bits per heavy atom. The van der Waals surface area contributed by atoms with Crippen LogP contribution in [0, 0.1) is 35.0 Å². The maximum absolute atomic E-state index is 12.9. The lowest BCUT2D eigenvalue weighted by Gasteiger charge is -2.54. The zero-order valence-corrected chi connectivity index (χ0v) is 17.9. The number of carbonyl (C=O) groups excluding carboxylic acids is 1. The molecule has 5 aliphatic rings. The van der Waals surface area contributed by atoms with Gasteiger partial charge >= 0.3 is 6.03 Å². The minimum absolute atomic E-state index is 0.0390. The van der Waals surface area contributed by atoms with Crippen LogP contribution < -0.4 is 5.32 Å². The number of sulfonamides is 1. The van der Waals surface area contributed by atoms with Crippen LogP contribution in [0.25, 0.3) is 0 Å². The van der Waals surface area contributed by atoms with Gasteiger partial charge in [-0.3, -0.25) is 0 Å². The van der Waals surface area contributed by atoms with Crippen LogP contribution in [0.5, 0.6) is 0 Å². The topological polar surface area (TPSA) is 93.5 Å². The molecule has 7 nitrogen and oxygen atoms in total. The number of hydrogen-bond donors (Lipinski definition) is 1. The van der Waals surface area contributed by atoms with Crippen molar-refractivity contribution < 1.29 is 13.2 Å². The average molecular weight is 429 g/mol. The van der Waals surface area contributed by atoms with Crippen molar-refractivity contribution in [1.29, 1.82) is 5.26 Å². The van der Waals surface area contributed by atoms with Crippen molar-refractivity contribution in [2.24, 2.45) is 23.7 Å². The van der Waals surface area contributed by atoms with Gasteiger partial charge in [0.1, 0.15) is 0 Å². The zero-order chi connectivity index (χ0) is 20.9. The Labute approximate surface area is 178 Å². The molecule has 160 valence electrons. The van der Waals surface area contributed by atoms with Gasteiger partial charge in [0, 0.05) is 32.2 Å². The van der Waals surface area contributed by atoms with Gasteiger partial charge < -0.3 is 10.2 Å². The summed E-state index contributed by atoms with van der Waals surface area (Å²) in [5, 5.41) is 12.2. The molecule has 1 aliphatic heterocycles. The van der Waals surface area contributed by atoms with E-state index in [1.54, 1.807) is 4.90 Å². The highest BCUT2D eigenvalue weighted by atomic mass is 32.2. The monoisotopic (exact) mass is 428 g/mol. The largest absolute Gasteiger partial charge is 0.335 e. The Hall–Kier alpha value is -2.11. The van der Waals surface area contributed by atoms with Crippen LogP contribution in [0.3, 0.4) is 0 Å². The average Bonchev–Trinajstić information content (AvgIpc) is 2.75. The molecule has 30 heavy (non-hydrogen) atoms. The lowest BCUT2D eigenvalue weighted by Crippen LogP contribution is -2.60. The molecule has 1 saturated heterocycles. The fourth-order valence-electron chi connectivity index (χ4n) is 6.38. The molecule has 4 aliphatic carbocycles. The fraction of sp³-hybridized carbons (Fsp3) is 0.636. The summed E-state index contributed by atoms with van der Waals surface area (Å²) in [4.78, 5) is 14.9. The van der Waals surface area contributed by atoms with Crippen LogP contribution in [0.15, 0.2) is 29.2 Å². The lowest BCUT2D eigenvalue weighted by molar-refractivity contribution is -0.0113. The molecule has 6 rings (SSSR count). The molecular weight excluding hydrogens is 400 g/mol. The normalized spacial score (nSPS) is 33.3. The Kier molecular flexibility index (Phi) is 4.98. The third-order valence-corrected chi connectivity index (χ3v) is 9.58. The lowest BCUT2D eigenvalue weighted by atomic mass is 9.54. The zero-order valence-electron chi connectivity index (χ0n) is 17.0. The van der Waals surface area contributed by atoms with Crippen molar-refractivity contribution >= 4 is 16.1 Å². The first-order valence-corrected chi connectivity index (χ1v) is 12.4. The van der Waals surface area contributed by atoms with Gasteiger partial charge in [0.05, 0.1) is 16.5 Å². The molecule has 0 aromatic heterocycles. The summed E-state index contributed by atoms with van der Waals surface area (Å²) in [5.41, 5.74) is 0.431. The van der Waals surface area contributed by atoms with Crippen molar-refractivity contribution in [3.8, 4) is 6.07 Å². The van der Waals surface area contributed by atoms with Gasteiger partial charge in [0.25, 0.3) is 0 Å². The van der Waals surface area contributed by atoms with Gasteiger partial charge in [0.15, 0.2) is 0 Å². The number of nitrogens with zero attached hydrogens (tertiary/aromatic N) is 3. The van der Waals surface area contributed by atoms with E-state index >= 15 is 0 Å². The number of nitriles is 1. The molecule has 1 aromatic rings. The predicted molar refractivity (Wildman–Crippen MR) is 111 cm³/mol. The molecule has 0 spiro atoms. The molecule has 5 fully saturated rings. The summed E-state index contributed by atoms with van der Waals surface area (Å²) in [6.07, 6.45) is 6.43. The van der Waals surface area contributed by atoms with Crippen LogP contribution in [-0.4, -0.2) is 55.9 Å². The first kappa shape index (κ1) is 19.8. The number of hydrogen-bond acceptors (Lipinski definition) is 4. The van der Waals surface area contributed by atoms with E-state index in [1.165, 1.54) is 60.7 Å². The maximum Gasteiger partial charge on any atom is 0.317 e. The molecule has 8 heteroatoms. The van der Waals surface area contributed by atoms with Gasteiger partial charge in [-0.25, -0.2) is 13.2 Å². The molecule has 4 bridgehead atoms. The van der Waals surface area contributed by atoms with Crippen LogP contribution in [0.2, 0.25) is 0 Å². The van der Waals surface area contributed by atoms with Crippen molar-refractivity contribution in [2.45, 2.75) is 43.0 Å². The van der Waals surface area contributed by atoms with E-state index in [9.17, 15) is 13.2 Å². The maximum atomic E-state index is 12.9. The number of rotatable bonds is 3. The minimum atomic E-state index is -3.61.